The quantitative estimate of drug-likeness (QED) is 0.117. The molecule has 0 aliphatic heterocycles. The van der Waals surface area contributed by atoms with E-state index in [9.17, 15) is 0 Å². The summed E-state index contributed by atoms with van der Waals surface area (Å²) >= 11 is 1.75. The van der Waals surface area contributed by atoms with Crippen molar-refractivity contribution in [3.8, 4) is 0 Å². The number of aryl methyl sites for hydroxylation is 1. The van der Waals surface area contributed by atoms with E-state index in [-0.39, 0.29) is 0 Å². The predicted molar refractivity (Wildman–Crippen MR) is 144 cm³/mol. The molecule has 0 radical (unpaired) electrons. The van der Waals surface area contributed by atoms with Crippen LogP contribution >= 0.6 is 11.8 Å². The van der Waals surface area contributed by atoms with Crippen LogP contribution in [-0.2, 0) is 4.84 Å². The molecule has 3 aromatic rings. The maximum Gasteiger partial charge on any atom is 0.158 e. The van der Waals surface area contributed by atoms with Crippen LogP contribution in [0.3, 0.4) is 0 Å². The van der Waals surface area contributed by atoms with Crippen LogP contribution in [0.15, 0.2) is 107 Å². The Hall–Kier alpha value is -3.04. The van der Waals surface area contributed by atoms with Crippen molar-refractivity contribution in [3.05, 3.63) is 109 Å². The lowest BCUT2D eigenvalue weighted by molar-refractivity contribution is 0.298. The molecule has 0 aliphatic carbocycles. The zero-order valence-electron chi connectivity index (χ0n) is 19.7. The van der Waals surface area contributed by atoms with Crippen molar-refractivity contribution in [1.82, 2.24) is 0 Å². The molecule has 3 rings (SSSR count). The Labute approximate surface area is 203 Å². The molecule has 0 saturated heterocycles. The molecular formula is C30H33NOS. The molecule has 0 heterocycles. The molecule has 0 fully saturated rings. The summed E-state index contributed by atoms with van der Waals surface area (Å²) in [5.41, 5.74) is 4.93. The predicted octanol–water partition coefficient (Wildman–Crippen LogP) is 9.17. The second-order valence-electron chi connectivity index (χ2n) is 8.10. The Morgan fingerprint density at radius 3 is 2.18 bits per heavy atom. The molecule has 33 heavy (non-hydrogen) atoms. The molecule has 0 unspecified atom stereocenters. The van der Waals surface area contributed by atoms with E-state index in [0.717, 1.165) is 40.8 Å². The van der Waals surface area contributed by atoms with Gasteiger partial charge >= 0.3 is 0 Å². The zero-order valence-corrected chi connectivity index (χ0v) is 20.5. The fourth-order valence-corrected chi connectivity index (χ4v) is 4.37. The average molecular weight is 456 g/mol. The molecule has 3 aromatic carbocycles. The van der Waals surface area contributed by atoms with Crippen molar-refractivity contribution in [2.24, 2.45) is 5.16 Å². The van der Waals surface area contributed by atoms with Gasteiger partial charge in [-0.2, -0.15) is 0 Å². The minimum atomic E-state index is 0.557. The Balaban J connectivity index is 1.73. The third-order valence-corrected chi connectivity index (χ3v) is 6.52. The van der Waals surface area contributed by atoms with Gasteiger partial charge in [0.05, 0.1) is 5.71 Å². The van der Waals surface area contributed by atoms with Crippen molar-refractivity contribution < 1.29 is 4.84 Å². The summed E-state index contributed by atoms with van der Waals surface area (Å²) in [6.07, 6.45) is 5.50. The van der Waals surface area contributed by atoms with E-state index >= 15 is 0 Å². The van der Waals surface area contributed by atoms with Crippen LogP contribution in [0.4, 0.5) is 0 Å². The van der Waals surface area contributed by atoms with Gasteiger partial charge in [0.2, 0.25) is 0 Å². The molecule has 3 heteroatoms. The standard InChI is InChI=1S/C30H33NOS/c1-5-6-7-11-18-30(31-32-25(4)29-17-13-12-14-23(29)2)24(3)26-19-21-28(22-20-26)33-27-15-9-8-10-16-27/h8-10,12-17,19-22H,3-7,11,18H2,1-2H3/b31-30-. The van der Waals surface area contributed by atoms with E-state index in [1.54, 1.807) is 11.8 Å². The summed E-state index contributed by atoms with van der Waals surface area (Å²) in [5, 5.41) is 4.52. The van der Waals surface area contributed by atoms with Gasteiger partial charge in [-0.15, -0.1) is 0 Å². The van der Waals surface area contributed by atoms with E-state index < -0.39 is 0 Å². The molecular weight excluding hydrogens is 422 g/mol. The van der Waals surface area contributed by atoms with Gasteiger partial charge < -0.3 is 4.84 Å². The summed E-state index contributed by atoms with van der Waals surface area (Å²) in [5.74, 6) is 0.557. The Kier molecular flexibility index (Phi) is 9.59. The first-order valence-corrected chi connectivity index (χ1v) is 12.4. The minimum absolute atomic E-state index is 0.557. The van der Waals surface area contributed by atoms with Gasteiger partial charge in [-0.1, -0.05) is 111 Å². The lowest BCUT2D eigenvalue weighted by atomic mass is 9.98. The van der Waals surface area contributed by atoms with E-state index in [4.69, 9.17) is 4.84 Å². The third kappa shape index (κ3) is 7.50. The minimum Gasteiger partial charge on any atom is -0.357 e. The second kappa shape index (κ2) is 12.9. The van der Waals surface area contributed by atoms with Crippen molar-refractivity contribution >= 4 is 28.8 Å². The number of nitrogens with zero attached hydrogens (tertiary/aromatic N) is 1. The lowest BCUT2D eigenvalue weighted by Gasteiger charge is -2.12. The van der Waals surface area contributed by atoms with Crippen LogP contribution in [0, 0.1) is 6.92 Å². The lowest BCUT2D eigenvalue weighted by Crippen LogP contribution is -2.03. The van der Waals surface area contributed by atoms with Gasteiger partial charge in [-0.05, 0) is 60.7 Å². The first-order valence-electron chi connectivity index (χ1n) is 11.6. The van der Waals surface area contributed by atoms with E-state index in [1.165, 1.54) is 29.1 Å². The number of allylic oxidation sites excluding steroid dienone is 1. The normalized spacial score (nSPS) is 11.3. The van der Waals surface area contributed by atoms with E-state index in [2.05, 4.69) is 73.8 Å². The largest absolute Gasteiger partial charge is 0.357 e. The first-order chi connectivity index (χ1) is 16.1. The number of hydrogen-bond acceptors (Lipinski definition) is 3. The maximum atomic E-state index is 5.80. The van der Waals surface area contributed by atoms with Crippen LogP contribution in [0.1, 0.15) is 55.7 Å². The van der Waals surface area contributed by atoms with Gasteiger partial charge in [-0.3, -0.25) is 0 Å². The Morgan fingerprint density at radius 2 is 1.48 bits per heavy atom. The molecule has 170 valence electrons. The third-order valence-electron chi connectivity index (χ3n) is 5.51. The number of oxime groups is 1. The van der Waals surface area contributed by atoms with Crippen LogP contribution in [0.25, 0.3) is 11.3 Å². The van der Waals surface area contributed by atoms with Crippen molar-refractivity contribution in [1.29, 1.82) is 0 Å². The van der Waals surface area contributed by atoms with Crippen molar-refractivity contribution in [3.63, 3.8) is 0 Å². The van der Waals surface area contributed by atoms with Gasteiger partial charge in [-0.25, -0.2) is 0 Å². The number of unbranched alkanes of at least 4 members (excludes halogenated alkanes) is 3. The highest BCUT2D eigenvalue weighted by Crippen LogP contribution is 2.29. The second-order valence-corrected chi connectivity index (χ2v) is 9.24. The average Bonchev–Trinajstić information content (AvgIpc) is 2.84. The first kappa shape index (κ1) is 24.6. The van der Waals surface area contributed by atoms with Gasteiger partial charge in [0, 0.05) is 15.4 Å². The summed E-state index contributed by atoms with van der Waals surface area (Å²) in [6, 6.07) is 27.0. The topological polar surface area (TPSA) is 21.6 Å². The van der Waals surface area contributed by atoms with Gasteiger partial charge in [0.15, 0.2) is 5.76 Å². The number of hydrogen-bond donors (Lipinski definition) is 0. The van der Waals surface area contributed by atoms with Crippen molar-refractivity contribution in [2.45, 2.75) is 55.7 Å². The molecule has 0 saturated carbocycles. The Bertz CT molecular complexity index is 1080. The van der Waals surface area contributed by atoms with Crippen LogP contribution in [0.2, 0.25) is 0 Å². The molecule has 0 amide bonds. The highest BCUT2D eigenvalue weighted by molar-refractivity contribution is 7.99. The fourth-order valence-electron chi connectivity index (χ4n) is 3.53. The molecule has 0 aromatic heterocycles. The zero-order chi connectivity index (χ0) is 23.5. The highest BCUT2D eigenvalue weighted by atomic mass is 32.2. The van der Waals surface area contributed by atoms with E-state index in [0.29, 0.717) is 5.76 Å². The number of rotatable bonds is 12. The van der Waals surface area contributed by atoms with Crippen LogP contribution < -0.4 is 0 Å². The van der Waals surface area contributed by atoms with Gasteiger partial charge in [0.25, 0.3) is 0 Å². The molecule has 2 nitrogen and oxygen atoms in total. The SMILES string of the molecule is C=C(/C(CCCCCC)=N\OC(=C)c1ccccc1C)c1ccc(Sc2ccccc2)cc1. The highest BCUT2D eigenvalue weighted by Gasteiger charge is 2.11. The molecule has 0 bridgehead atoms. The van der Waals surface area contributed by atoms with Crippen LogP contribution in [0.5, 0.6) is 0 Å². The summed E-state index contributed by atoms with van der Waals surface area (Å²) in [6.45, 7) is 12.7. The maximum absolute atomic E-state index is 5.80. The van der Waals surface area contributed by atoms with Gasteiger partial charge in [0.1, 0.15) is 0 Å². The monoisotopic (exact) mass is 455 g/mol. The molecule has 0 aliphatic rings. The van der Waals surface area contributed by atoms with Crippen LogP contribution in [-0.4, -0.2) is 5.71 Å². The summed E-state index contributed by atoms with van der Waals surface area (Å²) < 4.78 is 0. The summed E-state index contributed by atoms with van der Waals surface area (Å²) in [4.78, 5) is 8.23. The number of benzene rings is 3. The van der Waals surface area contributed by atoms with Crippen molar-refractivity contribution in [2.75, 3.05) is 0 Å². The Morgan fingerprint density at radius 1 is 0.818 bits per heavy atom. The molecule has 0 spiro atoms. The molecule has 0 N–H and O–H groups in total. The van der Waals surface area contributed by atoms with E-state index in [1.807, 2.05) is 37.3 Å². The smallest absolute Gasteiger partial charge is 0.158 e. The fraction of sp³-hybridized carbons (Fsp3) is 0.233. The molecule has 0 atom stereocenters. The summed E-state index contributed by atoms with van der Waals surface area (Å²) in [7, 11) is 0.